The second-order valence-electron chi connectivity index (χ2n) is 3.94. The zero-order valence-corrected chi connectivity index (χ0v) is 10.8. The van der Waals surface area contributed by atoms with Crippen molar-refractivity contribution in [2.45, 2.75) is 13.5 Å². The molecular formula is C14H13ClN2O. The Hall–Kier alpha value is -1.87. The first kappa shape index (κ1) is 12.6. The number of rotatable bonds is 3. The van der Waals surface area contributed by atoms with Gasteiger partial charge in [0.15, 0.2) is 0 Å². The van der Waals surface area contributed by atoms with Gasteiger partial charge in [-0.3, -0.25) is 9.78 Å². The van der Waals surface area contributed by atoms with Gasteiger partial charge in [0.25, 0.3) is 0 Å². The first-order valence-electron chi connectivity index (χ1n) is 5.59. The summed E-state index contributed by atoms with van der Waals surface area (Å²) in [6.45, 7) is 2.05. The van der Waals surface area contributed by atoms with Gasteiger partial charge in [-0.2, -0.15) is 0 Å². The summed E-state index contributed by atoms with van der Waals surface area (Å²) in [5, 5.41) is 0.656. The summed E-state index contributed by atoms with van der Waals surface area (Å²) >= 11 is 5.84. The van der Waals surface area contributed by atoms with E-state index in [1.807, 2.05) is 24.3 Å². The molecule has 2 aromatic rings. The molecule has 0 aliphatic carbocycles. The smallest absolute Gasteiger partial charge is 0.224 e. The highest BCUT2D eigenvalue weighted by atomic mass is 35.5. The molecule has 0 radical (unpaired) electrons. The van der Waals surface area contributed by atoms with Crippen LogP contribution in [0.4, 0.5) is 5.69 Å². The molecule has 0 aliphatic heterocycles. The third kappa shape index (κ3) is 3.08. The fourth-order valence-corrected chi connectivity index (χ4v) is 1.81. The fourth-order valence-electron chi connectivity index (χ4n) is 1.68. The summed E-state index contributed by atoms with van der Waals surface area (Å²) in [5.41, 5.74) is 1.82. The number of halogens is 1. The molecule has 0 fully saturated rings. The SMILES string of the molecule is CC(=O)N(Cc1cccnc1)c1ccc(Cl)cc1. The molecule has 0 unspecified atom stereocenters. The lowest BCUT2D eigenvalue weighted by atomic mass is 10.2. The Morgan fingerprint density at radius 3 is 2.56 bits per heavy atom. The number of hydrogen-bond acceptors (Lipinski definition) is 2. The Morgan fingerprint density at radius 1 is 1.28 bits per heavy atom. The largest absolute Gasteiger partial charge is 0.308 e. The van der Waals surface area contributed by atoms with E-state index < -0.39 is 0 Å². The van der Waals surface area contributed by atoms with Crippen molar-refractivity contribution in [1.29, 1.82) is 0 Å². The zero-order valence-electron chi connectivity index (χ0n) is 10.0. The standard InChI is InChI=1S/C14H13ClN2O/c1-11(18)17(10-12-3-2-8-16-9-12)14-6-4-13(15)5-7-14/h2-9H,10H2,1H3. The molecular weight excluding hydrogens is 248 g/mol. The predicted octanol–water partition coefficient (Wildman–Crippen LogP) is 3.29. The molecule has 0 N–H and O–H groups in total. The molecule has 92 valence electrons. The third-order valence-corrected chi connectivity index (χ3v) is 2.83. The lowest BCUT2D eigenvalue weighted by Gasteiger charge is -2.21. The second kappa shape index (κ2) is 5.65. The van der Waals surface area contributed by atoms with E-state index in [2.05, 4.69) is 4.98 Å². The fraction of sp³-hybridized carbons (Fsp3) is 0.143. The minimum absolute atomic E-state index is 0.0128. The summed E-state index contributed by atoms with van der Waals surface area (Å²) in [5.74, 6) is -0.0128. The van der Waals surface area contributed by atoms with E-state index in [4.69, 9.17) is 11.6 Å². The van der Waals surface area contributed by atoms with Crippen molar-refractivity contribution in [2.24, 2.45) is 0 Å². The first-order chi connectivity index (χ1) is 8.66. The van der Waals surface area contributed by atoms with E-state index >= 15 is 0 Å². The molecule has 1 aromatic heterocycles. The second-order valence-corrected chi connectivity index (χ2v) is 4.38. The Morgan fingerprint density at radius 2 is 2.00 bits per heavy atom. The average molecular weight is 261 g/mol. The van der Waals surface area contributed by atoms with Gasteiger partial charge in [0.05, 0.1) is 6.54 Å². The maximum atomic E-state index is 11.7. The van der Waals surface area contributed by atoms with Gasteiger partial charge in [-0.25, -0.2) is 0 Å². The van der Waals surface area contributed by atoms with Crippen molar-refractivity contribution in [3.8, 4) is 0 Å². The summed E-state index contributed by atoms with van der Waals surface area (Å²) in [6, 6.07) is 11.0. The van der Waals surface area contributed by atoms with Crippen molar-refractivity contribution in [1.82, 2.24) is 4.98 Å². The van der Waals surface area contributed by atoms with Crippen LogP contribution in [0, 0.1) is 0 Å². The van der Waals surface area contributed by atoms with Crippen LogP contribution < -0.4 is 4.90 Å². The topological polar surface area (TPSA) is 33.2 Å². The highest BCUT2D eigenvalue weighted by Crippen LogP contribution is 2.20. The number of carbonyl (C=O) groups is 1. The summed E-state index contributed by atoms with van der Waals surface area (Å²) < 4.78 is 0. The third-order valence-electron chi connectivity index (χ3n) is 2.58. The van der Waals surface area contributed by atoms with Crippen LogP contribution in [0.25, 0.3) is 0 Å². The Bertz CT molecular complexity index is 525. The van der Waals surface area contributed by atoms with E-state index in [-0.39, 0.29) is 5.91 Å². The van der Waals surface area contributed by atoms with E-state index in [1.54, 1.807) is 36.4 Å². The molecule has 1 aromatic carbocycles. The predicted molar refractivity (Wildman–Crippen MR) is 72.6 cm³/mol. The Labute approximate surface area is 111 Å². The van der Waals surface area contributed by atoms with Crippen LogP contribution in [0.15, 0.2) is 48.8 Å². The van der Waals surface area contributed by atoms with Crippen molar-refractivity contribution in [3.63, 3.8) is 0 Å². The molecule has 1 heterocycles. The quantitative estimate of drug-likeness (QED) is 0.848. The summed E-state index contributed by atoms with van der Waals surface area (Å²) in [4.78, 5) is 17.4. The number of hydrogen-bond donors (Lipinski definition) is 0. The molecule has 4 heteroatoms. The van der Waals surface area contributed by atoms with Crippen molar-refractivity contribution in [2.75, 3.05) is 4.90 Å². The summed E-state index contributed by atoms with van der Waals surface area (Å²) in [7, 11) is 0. The van der Waals surface area contributed by atoms with Crippen molar-refractivity contribution < 1.29 is 4.79 Å². The van der Waals surface area contributed by atoms with Crippen molar-refractivity contribution >= 4 is 23.2 Å². The maximum Gasteiger partial charge on any atom is 0.224 e. The monoisotopic (exact) mass is 260 g/mol. The van der Waals surface area contributed by atoms with Gasteiger partial charge >= 0.3 is 0 Å². The normalized spacial score (nSPS) is 10.1. The minimum Gasteiger partial charge on any atom is -0.308 e. The number of benzene rings is 1. The van der Waals surface area contributed by atoms with Gasteiger partial charge in [0.2, 0.25) is 5.91 Å². The Kier molecular flexibility index (Phi) is 3.95. The molecule has 18 heavy (non-hydrogen) atoms. The molecule has 2 rings (SSSR count). The zero-order chi connectivity index (χ0) is 13.0. The van der Waals surface area contributed by atoms with Crippen LogP contribution in [0.1, 0.15) is 12.5 Å². The Balaban J connectivity index is 2.24. The lowest BCUT2D eigenvalue weighted by Crippen LogP contribution is -2.27. The number of anilines is 1. The molecule has 0 saturated carbocycles. The van der Waals surface area contributed by atoms with Crippen LogP contribution in [0.3, 0.4) is 0 Å². The van der Waals surface area contributed by atoms with E-state index in [1.165, 1.54) is 0 Å². The number of amides is 1. The molecule has 0 aliphatic rings. The number of aromatic nitrogens is 1. The highest BCUT2D eigenvalue weighted by Gasteiger charge is 2.11. The van der Waals surface area contributed by atoms with Gasteiger partial charge < -0.3 is 4.90 Å². The summed E-state index contributed by atoms with van der Waals surface area (Å²) in [6.07, 6.45) is 3.47. The number of carbonyl (C=O) groups excluding carboxylic acids is 1. The highest BCUT2D eigenvalue weighted by molar-refractivity contribution is 6.30. The first-order valence-corrected chi connectivity index (χ1v) is 5.97. The molecule has 1 amide bonds. The van der Waals surface area contributed by atoms with Crippen LogP contribution in [-0.2, 0) is 11.3 Å². The van der Waals surface area contributed by atoms with E-state index in [0.717, 1.165) is 11.3 Å². The van der Waals surface area contributed by atoms with Crippen LogP contribution >= 0.6 is 11.6 Å². The molecule has 0 bridgehead atoms. The van der Waals surface area contributed by atoms with Crippen LogP contribution in [0.5, 0.6) is 0 Å². The van der Waals surface area contributed by atoms with Gasteiger partial charge in [-0.1, -0.05) is 17.7 Å². The number of nitrogens with zero attached hydrogens (tertiary/aromatic N) is 2. The minimum atomic E-state index is -0.0128. The maximum absolute atomic E-state index is 11.7. The molecule has 0 atom stereocenters. The van der Waals surface area contributed by atoms with Crippen LogP contribution in [-0.4, -0.2) is 10.9 Å². The van der Waals surface area contributed by atoms with Crippen LogP contribution in [0.2, 0.25) is 5.02 Å². The number of pyridine rings is 1. The van der Waals surface area contributed by atoms with E-state index in [0.29, 0.717) is 11.6 Å². The molecule has 0 spiro atoms. The van der Waals surface area contributed by atoms with Gasteiger partial charge in [-0.05, 0) is 35.9 Å². The van der Waals surface area contributed by atoms with Gasteiger partial charge in [-0.15, -0.1) is 0 Å². The van der Waals surface area contributed by atoms with Gasteiger partial charge in [0, 0.05) is 30.0 Å². The van der Waals surface area contributed by atoms with Crippen molar-refractivity contribution in [3.05, 3.63) is 59.4 Å². The lowest BCUT2D eigenvalue weighted by molar-refractivity contribution is -0.116. The molecule has 0 saturated heterocycles. The molecule has 3 nitrogen and oxygen atoms in total. The van der Waals surface area contributed by atoms with Gasteiger partial charge in [0.1, 0.15) is 0 Å². The average Bonchev–Trinajstić information content (AvgIpc) is 2.38. The van der Waals surface area contributed by atoms with E-state index in [9.17, 15) is 4.79 Å².